The molecule has 0 atom stereocenters. The van der Waals surface area contributed by atoms with E-state index in [1.165, 1.54) is 4.90 Å². The van der Waals surface area contributed by atoms with Crippen LogP contribution in [0, 0.1) is 0 Å². The molecular weight excluding hydrogens is 358 g/mol. The SMILES string of the molecule is CN(C)C(=O)c1cccc(NC(=O)NCc2cccnc2N2CCOCC2)c1. The Morgan fingerprint density at radius 1 is 1.18 bits per heavy atom. The van der Waals surface area contributed by atoms with E-state index in [-0.39, 0.29) is 11.9 Å². The number of benzene rings is 1. The average Bonchev–Trinajstić information content (AvgIpc) is 2.72. The van der Waals surface area contributed by atoms with Crippen LogP contribution in [-0.4, -0.2) is 62.2 Å². The van der Waals surface area contributed by atoms with Crippen molar-refractivity contribution in [2.24, 2.45) is 0 Å². The van der Waals surface area contributed by atoms with Gasteiger partial charge in [-0.1, -0.05) is 12.1 Å². The molecule has 0 bridgehead atoms. The van der Waals surface area contributed by atoms with E-state index in [9.17, 15) is 9.59 Å². The van der Waals surface area contributed by atoms with E-state index >= 15 is 0 Å². The summed E-state index contributed by atoms with van der Waals surface area (Å²) in [4.78, 5) is 32.5. The van der Waals surface area contributed by atoms with E-state index in [1.807, 2.05) is 12.1 Å². The van der Waals surface area contributed by atoms with Crippen molar-refractivity contribution in [3.8, 4) is 0 Å². The van der Waals surface area contributed by atoms with Crippen molar-refractivity contribution in [3.05, 3.63) is 53.7 Å². The Kier molecular flexibility index (Phi) is 6.44. The summed E-state index contributed by atoms with van der Waals surface area (Å²) < 4.78 is 5.39. The van der Waals surface area contributed by atoms with Crippen LogP contribution in [0.15, 0.2) is 42.6 Å². The highest BCUT2D eigenvalue weighted by Gasteiger charge is 2.16. The summed E-state index contributed by atoms with van der Waals surface area (Å²) in [5.41, 5.74) is 2.02. The Labute approximate surface area is 164 Å². The fourth-order valence-corrected chi connectivity index (χ4v) is 2.97. The standard InChI is InChI=1S/C20H25N5O3/c1-24(2)19(26)15-5-3-7-17(13-15)23-20(27)22-14-16-6-4-8-21-18(16)25-9-11-28-12-10-25/h3-8,13H,9-12,14H2,1-2H3,(H2,22,23,27). The number of carbonyl (C=O) groups is 2. The van der Waals surface area contributed by atoms with Crippen molar-refractivity contribution >= 4 is 23.4 Å². The number of aromatic nitrogens is 1. The number of ether oxygens (including phenoxy) is 1. The molecule has 148 valence electrons. The van der Waals surface area contributed by atoms with E-state index in [0.717, 1.165) is 24.5 Å². The first-order chi connectivity index (χ1) is 13.5. The summed E-state index contributed by atoms with van der Waals surface area (Å²) in [5, 5.41) is 5.63. The Hall–Kier alpha value is -3.13. The van der Waals surface area contributed by atoms with Crippen molar-refractivity contribution in [2.45, 2.75) is 6.54 Å². The van der Waals surface area contributed by atoms with Crippen LogP contribution in [0.4, 0.5) is 16.3 Å². The molecule has 0 spiro atoms. The van der Waals surface area contributed by atoms with Gasteiger partial charge in [0.1, 0.15) is 5.82 Å². The molecule has 1 aromatic carbocycles. The number of hydrogen-bond acceptors (Lipinski definition) is 5. The topological polar surface area (TPSA) is 86.8 Å². The van der Waals surface area contributed by atoms with Gasteiger partial charge in [0.2, 0.25) is 0 Å². The predicted molar refractivity (Wildman–Crippen MR) is 108 cm³/mol. The molecule has 1 aliphatic heterocycles. The van der Waals surface area contributed by atoms with Crippen LogP contribution in [0.1, 0.15) is 15.9 Å². The molecule has 0 aliphatic carbocycles. The molecule has 0 unspecified atom stereocenters. The molecule has 1 aliphatic rings. The zero-order valence-electron chi connectivity index (χ0n) is 16.1. The van der Waals surface area contributed by atoms with Gasteiger partial charge in [-0.25, -0.2) is 9.78 Å². The second kappa shape index (κ2) is 9.18. The van der Waals surface area contributed by atoms with Gasteiger partial charge in [0.05, 0.1) is 13.2 Å². The van der Waals surface area contributed by atoms with Crippen LogP contribution in [-0.2, 0) is 11.3 Å². The highest BCUT2D eigenvalue weighted by molar-refractivity contribution is 5.96. The maximum atomic E-state index is 12.3. The van der Waals surface area contributed by atoms with Crippen LogP contribution < -0.4 is 15.5 Å². The minimum Gasteiger partial charge on any atom is -0.378 e. The van der Waals surface area contributed by atoms with Crippen LogP contribution in [0.2, 0.25) is 0 Å². The van der Waals surface area contributed by atoms with Crippen molar-refractivity contribution in [3.63, 3.8) is 0 Å². The number of pyridine rings is 1. The monoisotopic (exact) mass is 383 g/mol. The maximum Gasteiger partial charge on any atom is 0.319 e. The van der Waals surface area contributed by atoms with Gasteiger partial charge < -0.3 is 25.2 Å². The van der Waals surface area contributed by atoms with Gasteiger partial charge in [-0.3, -0.25) is 4.79 Å². The molecule has 8 heteroatoms. The molecule has 1 fully saturated rings. The number of carbonyl (C=O) groups excluding carboxylic acids is 2. The van der Waals surface area contributed by atoms with Gasteiger partial charge >= 0.3 is 6.03 Å². The van der Waals surface area contributed by atoms with E-state index in [2.05, 4.69) is 20.5 Å². The van der Waals surface area contributed by atoms with Gasteiger partial charge in [0.25, 0.3) is 5.91 Å². The van der Waals surface area contributed by atoms with E-state index in [0.29, 0.717) is 31.0 Å². The number of urea groups is 1. The third-order valence-electron chi connectivity index (χ3n) is 4.39. The van der Waals surface area contributed by atoms with E-state index in [4.69, 9.17) is 4.74 Å². The lowest BCUT2D eigenvalue weighted by Crippen LogP contribution is -2.38. The Morgan fingerprint density at radius 2 is 1.96 bits per heavy atom. The lowest BCUT2D eigenvalue weighted by atomic mass is 10.2. The van der Waals surface area contributed by atoms with Crippen molar-refractivity contribution < 1.29 is 14.3 Å². The fourth-order valence-electron chi connectivity index (χ4n) is 2.97. The van der Waals surface area contributed by atoms with E-state index in [1.54, 1.807) is 44.6 Å². The van der Waals surface area contributed by atoms with Crippen molar-refractivity contribution in [2.75, 3.05) is 50.6 Å². The summed E-state index contributed by atoms with van der Waals surface area (Å²) in [7, 11) is 3.38. The van der Waals surface area contributed by atoms with Gasteiger partial charge in [0, 0.05) is 56.7 Å². The zero-order valence-corrected chi connectivity index (χ0v) is 16.1. The van der Waals surface area contributed by atoms with E-state index < -0.39 is 0 Å². The average molecular weight is 383 g/mol. The van der Waals surface area contributed by atoms with Crippen LogP contribution in [0.25, 0.3) is 0 Å². The third kappa shape index (κ3) is 4.98. The molecule has 8 nitrogen and oxygen atoms in total. The van der Waals surface area contributed by atoms with Crippen molar-refractivity contribution in [1.82, 2.24) is 15.2 Å². The largest absolute Gasteiger partial charge is 0.378 e. The molecule has 3 amide bonds. The normalized spacial score (nSPS) is 13.7. The van der Waals surface area contributed by atoms with Gasteiger partial charge in [-0.05, 0) is 24.3 Å². The fraction of sp³-hybridized carbons (Fsp3) is 0.350. The number of anilines is 2. The minimum atomic E-state index is -0.341. The van der Waals surface area contributed by atoms with Gasteiger partial charge in [-0.2, -0.15) is 0 Å². The third-order valence-corrected chi connectivity index (χ3v) is 4.39. The molecular formula is C20H25N5O3. The Morgan fingerprint density at radius 3 is 2.71 bits per heavy atom. The maximum absolute atomic E-state index is 12.3. The summed E-state index contributed by atoms with van der Waals surface area (Å²) >= 11 is 0. The van der Waals surface area contributed by atoms with Gasteiger partial charge in [-0.15, -0.1) is 0 Å². The Balaban J connectivity index is 1.61. The molecule has 2 aromatic rings. The Bertz CT molecular complexity index is 834. The molecule has 3 rings (SSSR count). The van der Waals surface area contributed by atoms with Crippen LogP contribution >= 0.6 is 0 Å². The highest BCUT2D eigenvalue weighted by atomic mass is 16.5. The molecule has 0 saturated carbocycles. The van der Waals surface area contributed by atoms with Gasteiger partial charge in [0.15, 0.2) is 0 Å². The number of rotatable bonds is 5. The molecule has 1 saturated heterocycles. The van der Waals surface area contributed by atoms with Crippen LogP contribution in [0.3, 0.4) is 0 Å². The highest BCUT2D eigenvalue weighted by Crippen LogP contribution is 2.18. The lowest BCUT2D eigenvalue weighted by molar-refractivity contribution is 0.0827. The first-order valence-corrected chi connectivity index (χ1v) is 9.18. The number of amides is 3. The first kappa shape index (κ1) is 19.6. The smallest absolute Gasteiger partial charge is 0.319 e. The molecule has 0 radical (unpaired) electrons. The molecule has 2 N–H and O–H groups in total. The summed E-state index contributed by atoms with van der Waals surface area (Å²) in [6, 6.07) is 10.3. The number of hydrogen-bond donors (Lipinski definition) is 2. The molecule has 28 heavy (non-hydrogen) atoms. The van der Waals surface area contributed by atoms with Crippen molar-refractivity contribution in [1.29, 1.82) is 0 Å². The second-order valence-electron chi connectivity index (χ2n) is 6.67. The number of morpholine rings is 1. The second-order valence-corrected chi connectivity index (χ2v) is 6.67. The summed E-state index contributed by atoms with van der Waals surface area (Å²) in [5.74, 6) is 0.749. The lowest BCUT2D eigenvalue weighted by Gasteiger charge is -2.29. The minimum absolute atomic E-state index is 0.116. The summed E-state index contributed by atoms with van der Waals surface area (Å²) in [6.07, 6.45) is 1.75. The first-order valence-electron chi connectivity index (χ1n) is 9.18. The molecule has 2 heterocycles. The summed E-state index contributed by atoms with van der Waals surface area (Å²) in [6.45, 7) is 3.26. The van der Waals surface area contributed by atoms with Crippen LogP contribution in [0.5, 0.6) is 0 Å². The number of nitrogens with one attached hydrogen (secondary N) is 2. The number of nitrogens with zero attached hydrogens (tertiary/aromatic N) is 3. The molecule has 1 aromatic heterocycles. The zero-order chi connectivity index (χ0) is 19.9. The predicted octanol–water partition coefficient (Wildman–Crippen LogP) is 1.94. The quantitative estimate of drug-likeness (QED) is 0.824.